The predicted molar refractivity (Wildman–Crippen MR) is 62.3 cm³/mol. The van der Waals surface area contributed by atoms with Crippen LogP contribution in [0.15, 0.2) is 12.1 Å². The average molecular weight is 227 g/mol. The van der Waals surface area contributed by atoms with E-state index in [2.05, 4.69) is 5.32 Å². The lowest BCUT2D eigenvalue weighted by atomic mass is 10.0. The molecular weight excluding hydrogens is 210 g/mol. The minimum absolute atomic E-state index is 0.0646. The highest BCUT2D eigenvalue weighted by atomic mass is 32.1. The molecule has 4 heteroatoms. The fourth-order valence-corrected chi connectivity index (χ4v) is 2.24. The summed E-state index contributed by atoms with van der Waals surface area (Å²) in [5, 5.41) is 12.1. The maximum Gasteiger partial charge on any atom is 0.323 e. The normalized spacial score (nSPS) is 13.9. The lowest BCUT2D eigenvalue weighted by molar-refractivity contribution is -0.143. The minimum Gasteiger partial charge on any atom is -0.480 e. The number of rotatable bonds is 4. The Labute approximate surface area is 94.1 Å². The molecule has 2 N–H and O–H groups in total. The van der Waals surface area contributed by atoms with Crippen LogP contribution >= 0.6 is 11.3 Å². The van der Waals surface area contributed by atoms with E-state index in [1.54, 1.807) is 25.2 Å². The zero-order valence-electron chi connectivity index (χ0n) is 9.50. The van der Waals surface area contributed by atoms with Crippen molar-refractivity contribution in [1.82, 2.24) is 5.32 Å². The first-order chi connectivity index (χ1) is 6.83. The van der Waals surface area contributed by atoms with E-state index in [0.29, 0.717) is 0 Å². The van der Waals surface area contributed by atoms with Gasteiger partial charge in [-0.25, -0.2) is 0 Å². The summed E-state index contributed by atoms with van der Waals surface area (Å²) in [6.45, 7) is 7.37. The summed E-state index contributed by atoms with van der Waals surface area (Å²) in [4.78, 5) is 13.3. The zero-order chi connectivity index (χ0) is 11.6. The number of aliphatic carboxylic acids is 1. The summed E-state index contributed by atoms with van der Waals surface area (Å²) in [6, 6.07) is 4.15. The molecule has 1 atom stereocenters. The van der Waals surface area contributed by atoms with E-state index in [0.717, 1.165) is 0 Å². The summed E-state index contributed by atoms with van der Waals surface area (Å²) >= 11 is 1.69. The van der Waals surface area contributed by atoms with Crippen LogP contribution in [0.4, 0.5) is 0 Å². The van der Waals surface area contributed by atoms with Crippen molar-refractivity contribution in [3.05, 3.63) is 21.9 Å². The van der Waals surface area contributed by atoms with Crippen LogP contribution in [-0.2, 0) is 4.79 Å². The molecule has 1 aromatic heterocycles. The van der Waals surface area contributed by atoms with E-state index in [1.165, 1.54) is 9.75 Å². The van der Waals surface area contributed by atoms with Gasteiger partial charge in [0.25, 0.3) is 0 Å². The third kappa shape index (κ3) is 3.04. The molecule has 0 radical (unpaired) electrons. The Morgan fingerprint density at radius 1 is 1.53 bits per heavy atom. The van der Waals surface area contributed by atoms with Crippen molar-refractivity contribution in [1.29, 1.82) is 0 Å². The van der Waals surface area contributed by atoms with Gasteiger partial charge in [0.15, 0.2) is 0 Å². The van der Waals surface area contributed by atoms with E-state index >= 15 is 0 Å². The van der Waals surface area contributed by atoms with Crippen molar-refractivity contribution < 1.29 is 9.90 Å². The molecule has 84 valence electrons. The van der Waals surface area contributed by atoms with E-state index in [4.69, 9.17) is 5.11 Å². The molecule has 0 bridgehead atoms. The third-order valence-corrected chi connectivity index (χ3v) is 3.48. The molecule has 1 unspecified atom stereocenters. The molecule has 1 aromatic rings. The van der Waals surface area contributed by atoms with Crippen molar-refractivity contribution in [3.8, 4) is 0 Å². The molecule has 1 heterocycles. The van der Waals surface area contributed by atoms with Crippen LogP contribution in [-0.4, -0.2) is 16.6 Å². The third-order valence-electron chi connectivity index (χ3n) is 2.30. The van der Waals surface area contributed by atoms with Gasteiger partial charge in [0.1, 0.15) is 5.54 Å². The van der Waals surface area contributed by atoms with Crippen LogP contribution < -0.4 is 5.32 Å². The highest BCUT2D eigenvalue weighted by Crippen LogP contribution is 2.24. The zero-order valence-corrected chi connectivity index (χ0v) is 10.3. The summed E-state index contributed by atoms with van der Waals surface area (Å²) in [7, 11) is 0. The molecule has 0 spiro atoms. The summed E-state index contributed by atoms with van der Waals surface area (Å²) in [5.41, 5.74) is -0.892. The summed E-state index contributed by atoms with van der Waals surface area (Å²) in [5.74, 6) is -0.831. The number of nitrogens with one attached hydrogen (secondary N) is 1. The molecule has 1 rings (SSSR count). The first-order valence-corrected chi connectivity index (χ1v) is 5.72. The van der Waals surface area contributed by atoms with E-state index in [9.17, 15) is 4.79 Å². The molecule has 0 saturated heterocycles. The Kier molecular flexibility index (Phi) is 3.52. The molecule has 0 fully saturated rings. The monoisotopic (exact) mass is 227 g/mol. The quantitative estimate of drug-likeness (QED) is 0.831. The van der Waals surface area contributed by atoms with Crippen molar-refractivity contribution in [2.45, 2.75) is 39.3 Å². The van der Waals surface area contributed by atoms with Gasteiger partial charge in [0, 0.05) is 15.8 Å². The van der Waals surface area contributed by atoms with Crippen molar-refractivity contribution >= 4 is 17.3 Å². The molecule has 0 aliphatic rings. The Balaban J connectivity index is 2.71. The number of hydrogen-bond acceptors (Lipinski definition) is 3. The fourth-order valence-electron chi connectivity index (χ4n) is 1.36. The van der Waals surface area contributed by atoms with Gasteiger partial charge in [-0.15, -0.1) is 11.3 Å². The number of hydrogen-bond donors (Lipinski definition) is 2. The number of carboxylic acids is 1. The van der Waals surface area contributed by atoms with Crippen LogP contribution in [0.1, 0.15) is 36.6 Å². The number of carbonyl (C=O) groups is 1. The number of aryl methyl sites for hydroxylation is 1. The highest BCUT2D eigenvalue weighted by Gasteiger charge is 2.28. The van der Waals surface area contributed by atoms with Gasteiger partial charge < -0.3 is 5.11 Å². The number of carboxylic acid groups (broad SMARTS) is 1. The standard InChI is InChI=1S/C11H17NO2S/c1-7-5-6-9(15-7)8(2)12-11(3,4)10(13)14/h5-6,8,12H,1-4H3,(H,13,14). The molecule has 0 amide bonds. The Bertz CT molecular complexity index is 357. The lowest BCUT2D eigenvalue weighted by Crippen LogP contribution is -2.47. The largest absolute Gasteiger partial charge is 0.480 e. The maximum absolute atomic E-state index is 10.9. The van der Waals surface area contributed by atoms with E-state index in [1.807, 2.05) is 26.0 Å². The second-order valence-corrected chi connectivity index (χ2v) is 5.56. The van der Waals surface area contributed by atoms with Crippen LogP contribution in [0.3, 0.4) is 0 Å². The average Bonchev–Trinajstić information content (AvgIpc) is 2.50. The first kappa shape index (κ1) is 12.2. The smallest absolute Gasteiger partial charge is 0.323 e. The molecule has 0 saturated carbocycles. The van der Waals surface area contributed by atoms with Crippen LogP contribution in [0.25, 0.3) is 0 Å². The molecular formula is C11H17NO2S. The second kappa shape index (κ2) is 4.33. The predicted octanol–water partition coefficient (Wildman–Crippen LogP) is 2.57. The maximum atomic E-state index is 10.9. The van der Waals surface area contributed by atoms with Crippen molar-refractivity contribution in [2.24, 2.45) is 0 Å². The molecule has 0 aliphatic carbocycles. The fraction of sp³-hybridized carbons (Fsp3) is 0.545. The van der Waals surface area contributed by atoms with Gasteiger partial charge in [-0.3, -0.25) is 10.1 Å². The van der Waals surface area contributed by atoms with Gasteiger partial charge >= 0.3 is 5.97 Å². The van der Waals surface area contributed by atoms with E-state index < -0.39 is 11.5 Å². The highest BCUT2D eigenvalue weighted by molar-refractivity contribution is 7.12. The topological polar surface area (TPSA) is 49.3 Å². The Hall–Kier alpha value is -0.870. The lowest BCUT2D eigenvalue weighted by Gasteiger charge is -2.25. The van der Waals surface area contributed by atoms with Gasteiger partial charge in [-0.1, -0.05) is 0 Å². The van der Waals surface area contributed by atoms with Gasteiger partial charge in [-0.2, -0.15) is 0 Å². The molecule has 15 heavy (non-hydrogen) atoms. The van der Waals surface area contributed by atoms with E-state index in [-0.39, 0.29) is 6.04 Å². The van der Waals surface area contributed by atoms with Crippen LogP contribution in [0.2, 0.25) is 0 Å². The van der Waals surface area contributed by atoms with Gasteiger partial charge in [-0.05, 0) is 39.8 Å². The Morgan fingerprint density at radius 3 is 2.53 bits per heavy atom. The minimum atomic E-state index is -0.892. The van der Waals surface area contributed by atoms with Crippen LogP contribution in [0, 0.1) is 6.92 Å². The number of thiophene rings is 1. The first-order valence-electron chi connectivity index (χ1n) is 4.90. The van der Waals surface area contributed by atoms with Crippen molar-refractivity contribution in [3.63, 3.8) is 0 Å². The molecule has 3 nitrogen and oxygen atoms in total. The van der Waals surface area contributed by atoms with Crippen molar-refractivity contribution in [2.75, 3.05) is 0 Å². The van der Waals surface area contributed by atoms with Crippen LogP contribution in [0.5, 0.6) is 0 Å². The molecule has 0 aliphatic heterocycles. The SMILES string of the molecule is Cc1ccc(C(C)NC(C)(C)C(=O)O)s1. The summed E-state index contributed by atoms with van der Waals surface area (Å²) < 4.78 is 0. The van der Waals surface area contributed by atoms with Gasteiger partial charge in [0.05, 0.1) is 0 Å². The van der Waals surface area contributed by atoms with Gasteiger partial charge in [0.2, 0.25) is 0 Å². The second-order valence-electron chi connectivity index (χ2n) is 4.24. The summed E-state index contributed by atoms with van der Waals surface area (Å²) in [6.07, 6.45) is 0. The Morgan fingerprint density at radius 2 is 2.13 bits per heavy atom. The molecule has 0 aromatic carbocycles.